The van der Waals surface area contributed by atoms with E-state index in [4.69, 9.17) is 9.63 Å². The van der Waals surface area contributed by atoms with E-state index in [2.05, 4.69) is 20.7 Å². The van der Waals surface area contributed by atoms with Gasteiger partial charge in [-0.15, -0.1) is 0 Å². The van der Waals surface area contributed by atoms with E-state index in [1.54, 1.807) is 6.92 Å². The molecular formula is C12H14N4O4. The summed E-state index contributed by atoms with van der Waals surface area (Å²) >= 11 is 0. The summed E-state index contributed by atoms with van der Waals surface area (Å²) in [6, 6.07) is 1.23. The molecule has 0 radical (unpaired) electrons. The number of aromatic carboxylic acids is 1. The molecule has 0 aliphatic carbocycles. The predicted molar refractivity (Wildman–Crippen MR) is 68.8 cm³/mol. The number of aryl methyl sites for hydroxylation is 1. The standard InChI is InChI=1S/C12H14N4O4/c1-5(2)10-9(6(3)16-20-10)11(17)13-8-4-7(12(18)19)14-15-8/h4-5H,1-3H3,(H,18,19)(H2,13,14,15,17). The second-order valence-electron chi connectivity index (χ2n) is 4.59. The fourth-order valence-corrected chi connectivity index (χ4v) is 1.73. The average molecular weight is 278 g/mol. The predicted octanol–water partition coefficient (Wildman–Crippen LogP) is 1.78. The molecule has 8 heteroatoms. The molecule has 0 saturated carbocycles. The quantitative estimate of drug-likeness (QED) is 0.783. The van der Waals surface area contributed by atoms with E-state index in [1.807, 2.05) is 13.8 Å². The van der Waals surface area contributed by atoms with Gasteiger partial charge in [-0.1, -0.05) is 19.0 Å². The van der Waals surface area contributed by atoms with Gasteiger partial charge in [0.05, 0.1) is 5.69 Å². The monoisotopic (exact) mass is 278 g/mol. The van der Waals surface area contributed by atoms with Crippen molar-refractivity contribution in [2.24, 2.45) is 0 Å². The molecule has 2 aromatic heterocycles. The number of hydrogen-bond donors (Lipinski definition) is 3. The molecule has 106 valence electrons. The molecule has 0 atom stereocenters. The third-order valence-corrected chi connectivity index (χ3v) is 2.69. The minimum atomic E-state index is -1.15. The van der Waals surface area contributed by atoms with Gasteiger partial charge in [0.25, 0.3) is 5.91 Å². The third kappa shape index (κ3) is 2.53. The first kappa shape index (κ1) is 13.8. The van der Waals surface area contributed by atoms with Crippen molar-refractivity contribution in [3.63, 3.8) is 0 Å². The number of carboxylic acid groups (broad SMARTS) is 1. The number of nitrogens with zero attached hydrogens (tertiary/aromatic N) is 2. The van der Waals surface area contributed by atoms with Crippen LogP contribution in [0.15, 0.2) is 10.6 Å². The van der Waals surface area contributed by atoms with Crippen LogP contribution >= 0.6 is 0 Å². The van der Waals surface area contributed by atoms with Crippen molar-refractivity contribution in [1.29, 1.82) is 0 Å². The molecule has 0 fully saturated rings. The van der Waals surface area contributed by atoms with Crippen LogP contribution in [-0.2, 0) is 0 Å². The molecule has 0 spiro atoms. The van der Waals surface area contributed by atoms with E-state index in [0.29, 0.717) is 17.0 Å². The molecule has 0 saturated heterocycles. The zero-order valence-corrected chi connectivity index (χ0v) is 11.2. The molecule has 8 nitrogen and oxygen atoms in total. The van der Waals surface area contributed by atoms with Gasteiger partial charge in [0.1, 0.15) is 11.3 Å². The molecule has 0 aromatic carbocycles. The van der Waals surface area contributed by atoms with Crippen LogP contribution in [-0.4, -0.2) is 32.3 Å². The van der Waals surface area contributed by atoms with Crippen molar-refractivity contribution < 1.29 is 19.2 Å². The number of carboxylic acids is 1. The molecule has 3 N–H and O–H groups in total. The van der Waals surface area contributed by atoms with Crippen molar-refractivity contribution in [1.82, 2.24) is 15.4 Å². The topological polar surface area (TPSA) is 121 Å². The summed E-state index contributed by atoms with van der Waals surface area (Å²) in [5, 5.41) is 21.1. The molecule has 2 heterocycles. The van der Waals surface area contributed by atoms with Gasteiger partial charge in [-0.05, 0) is 6.92 Å². The fourth-order valence-electron chi connectivity index (χ4n) is 1.73. The number of anilines is 1. The first-order valence-corrected chi connectivity index (χ1v) is 5.96. The Hall–Kier alpha value is -2.64. The van der Waals surface area contributed by atoms with Gasteiger partial charge in [0.15, 0.2) is 11.6 Å². The van der Waals surface area contributed by atoms with E-state index in [-0.39, 0.29) is 17.4 Å². The highest BCUT2D eigenvalue weighted by Gasteiger charge is 2.23. The average Bonchev–Trinajstić information content (AvgIpc) is 2.95. The molecule has 2 rings (SSSR count). The molecule has 0 aliphatic heterocycles. The fraction of sp³-hybridized carbons (Fsp3) is 0.333. The van der Waals surface area contributed by atoms with Crippen molar-refractivity contribution >= 4 is 17.7 Å². The van der Waals surface area contributed by atoms with Gasteiger partial charge in [-0.3, -0.25) is 9.89 Å². The first-order chi connectivity index (χ1) is 9.40. The van der Waals surface area contributed by atoms with Crippen LogP contribution in [0.1, 0.15) is 52.1 Å². The van der Waals surface area contributed by atoms with Crippen LogP contribution in [0.5, 0.6) is 0 Å². The van der Waals surface area contributed by atoms with Crippen LogP contribution in [0.3, 0.4) is 0 Å². The normalized spacial score (nSPS) is 10.8. The Morgan fingerprint density at radius 1 is 1.45 bits per heavy atom. The van der Waals surface area contributed by atoms with Crippen molar-refractivity contribution in [3.05, 3.63) is 28.8 Å². The van der Waals surface area contributed by atoms with Gasteiger partial charge in [-0.25, -0.2) is 4.79 Å². The Morgan fingerprint density at radius 2 is 2.15 bits per heavy atom. The Labute approximate surface area is 114 Å². The van der Waals surface area contributed by atoms with E-state index in [0.717, 1.165) is 0 Å². The minimum absolute atomic E-state index is 0.00529. The van der Waals surface area contributed by atoms with Crippen LogP contribution in [0.2, 0.25) is 0 Å². The summed E-state index contributed by atoms with van der Waals surface area (Å²) in [6.07, 6.45) is 0. The Morgan fingerprint density at radius 3 is 2.70 bits per heavy atom. The summed E-state index contributed by atoms with van der Waals surface area (Å²) in [5.41, 5.74) is 0.714. The van der Waals surface area contributed by atoms with Crippen molar-refractivity contribution in [2.75, 3.05) is 5.32 Å². The lowest BCUT2D eigenvalue weighted by atomic mass is 10.0. The zero-order chi connectivity index (χ0) is 14.9. The van der Waals surface area contributed by atoms with Crippen LogP contribution in [0.4, 0.5) is 5.82 Å². The number of aromatic nitrogens is 3. The highest BCUT2D eigenvalue weighted by molar-refractivity contribution is 6.05. The maximum atomic E-state index is 12.2. The van der Waals surface area contributed by atoms with E-state index in [1.165, 1.54) is 6.07 Å². The molecular weight excluding hydrogens is 264 g/mol. The van der Waals surface area contributed by atoms with Crippen LogP contribution in [0.25, 0.3) is 0 Å². The highest BCUT2D eigenvalue weighted by atomic mass is 16.5. The largest absolute Gasteiger partial charge is 0.477 e. The van der Waals surface area contributed by atoms with Crippen LogP contribution in [0, 0.1) is 6.92 Å². The van der Waals surface area contributed by atoms with E-state index < -0.39 is 11.9 Å². The maximum absolute atomic E-state index is 12.2. The number of H-pyrrole nitrogens is 1. The second-order valence-corrected chi connectivity index (χ2v) is 4.59. The summed E-state index contributed by atoms with van der Waals surface area (Å²) < 4.78 is 5.13. The lowest BCUT2D eigenvalue weighted by Gasteiger charge is -2.04. The number of hydrogen-bond acceptors (Lipinski definition) is 5. The number of carbonyl (C=O) groups excluding carboxylic acids is 1. The smallest absolute Gasteiger partial charge is 0.353 e. The van der Waals surface area contributed by atoms with Gasteiger partial charge in [0, 0.05) is 12.0 Å². The van der Waals surface area contributed by atoms with E-state index in [9.17, 15) is 9.59 Å². The molecule has 0 unspecified atom stereocenters. The lowest BCUT2D eigenvalue weighted by Crippen LogP contribution is -2.15. The number of nitrogens with one attached hydrogen (secondary N) is 2. The van der Waals surface area contributed by atoms with Gasteiger partial charge < -0.3 is 14.9 Å². The number of amides is 1. The molecule has 2 aromatic rings. The minimum Gasteiger partial charge on any atom is -0.477 e. The van der Waals surface area contributed by atoms with E-state index >= 15 is 0 Å². The highest BCUT2D eigenvalue weighted by Crippen LogP contribution is 2.23. The van der Waals surface area contributed by atoms with Gasteiger partial charge in [-0.2, -0.15) is 5.10 Å². The van der Waals surface area contributed by atoms with Crippen molar-refractivity contribution in [2.45, 2.75) is 26.7 Å². The summed E-state index contributed by atoms with van der Waals surface area (Å²) in [7, 11) is 0. The third-order valence-electron chi connectivity index (χ3n) is 2.69. The Kier molecular flexibility index (Phi) is 3.55. The van der Waals surface area contributed by atoms with Gasteiger partial charge >= 0.3 is 5.97 Å². The molecule has 0 bridgehead atoms. The molecule has 0 aliphatic rings. The van der Waals surface area contributed by atoms with Crippen LogP contribution < -0.4 is 5.32 Å². The number of carbonyl (C=O) groups is 2. The van der Waals surface area contributed by atoms with Crippen molar-refractivity contribution in [3.8, 4) is 0 Å². The first-order valence-electron chi connectivity index (χ1n) is 5.96. The summed E-state index contributed by atoms with van der Waals surface area (Å²) in [6.45, 7) is 5.43. The summed E-state index contributed by atoms with van der Waals surface area (Å²) in [4.78, 5) is 22.9. The molecule has 1 amide bonds. The van der Waals surface area contributed by atoms with Gasteiger partial charge in [0.2, 0.25) is 0 Å². The summed E-state index contributed by atoms with van der Waals surface area (Å²) in [5.74, 6) is -0.972. The number of rotatable bonds is 4. The zero-order valence-electron chi connectivity index (χ0n) is 11.2. The molecule has 20 heavy (non-hydrogen) atoms. The maximum Gasteiger partial charge on any atom is 0.353 e. The Bertz CT molecular complexity index is 656. The second kappa shape index (κ2) is 5.16. The lowest BCUT2D eigenvalue weighted by molar-refractivity contribution is 0.0690. The SMILES string of the molecule is Cc1noc(C(C)C)c1C(=O)Nc1cc(C(=O)O)[nH]n1. The number of aromatic amines is 1. The Balaban J connectivity index is 2.23.